The lowest BCUT2D eigenvalue weighted by molar-refractivity contribution is 0.0772. The molecule has 0 aliphatic heterocycles. The number of nitrogens with two attached hydrogens (primary N) is 1. The largest absolute Gasteiger partial charge is 0.346 e. The zero-order valence-electron chi connectivity index (χ0n) is 13.7. The highest BCUT2D eigenvalue weighted by Crippen LogP contribution is 2.09. The van der Waals surface area contributed by atoms with Gasteiger partial charge < -0.3 is 16.0 Å². The highest BCUT2D eigenvalue weighted by molar-refractivity contribution is 5.98. The average molecular weight is 328 g/mol. The molecule has 124 valence electrons. The molecule has 6 heteroatoms. The molecule has 0 aromatic heterocycles. The number of carbonyl (C=O) groups excluding carboxylic acids is 2. The summed E-state index contributed by atoms with van der Waals surface area (Å²) in [6.07, 6.45) is 0. The first-order chi connectivity index (χ1) is 9.84. The Balaban J connectivity index is 0.00000441. The number of nitrogens with zero attached hydrogens (tertiary/aromatic N) is 1. The molecule has 3 N–H and O–H groups in total. The molecule has 0 fully saturated rings. The van der Waals surface area contributed by atoms with Gasteiger partial charge in [-0.3, -0.25) is 9.59 Å². The molecule has 22 heavy (non-hydrogen) atoms. The van der Waals surface area contributed by atoms with Crippen LogP contribution in [-0.2, 0) is 0 Å². The summed E-state index contributed by atoms with van der Waals surface area (Å²) in [6, 6.07) is 6.70. The van der Waals surface area contributed by atoms with Gasteiger partial charge >= 0.3 is 0 Å². The summed E-state index contributed by atoms with van der Waals surface area (Å²) < 4.78 is 0. The number of halogens is 1. The molecule has 1 aromatic rings. The quantitative estimate of drug-likeness (QED) is 0.839. The van der Waals surface area contributed by atoms with E-state index in [2.05, 4.69) is 5.32 Å². The van der Waals surface area contributed by atoms with E-state index in [-0.39, 0.29) is 24.2 Å². The maximum Gasteiger partial charge on any atom is 0.253 e. The van der Waals surface area contributed by atoms with Crippen LogP contribution in [0.1, 0.15) is 48.4 Å². The van der Waals surface area contributed by atoms with Crippen LogP contribution in [0.15, 0.2) is 24.3 Å². The molecular formula is C16H26ClN3O2. The first-order valence-electron chi connectivity index (χ1n) is 7.26. The molecule has 0 spiro atoms. The molecule has 1 rings (SSSR count). The van der Waals surface area contributed by atoms with E-state index in [0.717, 1.165) is 0 Å². The van der Waals surface area contributed by atoms with Gasteiger partial charge in [-0.2, -0.15) is 0 Å². The van der Waals surface area contributed by atoms with E-state index in [1.807, 2.05) is 27.7 Å². The topological polar surface area (TPSA) is 75.4 Å². The first-order valence-corrected chi connectivity index (χ1v) is 7.26. The van der Waals surface area contributed by atoms with Crippen LogP contribution in [0.25, 0.3) is 0 Å². The summed E-state index contributed by atoms with van der Waals surface area (Å²) in [5.74, 6) is -0.207. The van der Waals surface area contributed by atoms with E-state index in [0.29, 0.717) is 30.8 Å². The minimum absolute atomic E-state index is 0. The first kappa shape index (κ1) is 20.4. The maximum atomic E-state index is 12.2. The fraction of sp³-hybridized carbons (Fsp3) is 0.500. The van der Waals surface area contributed by atoms with Crippen LogP contribution in [0.3, 0.4) is 0 Å². The van der Waals surface area contributed by atoms with Crippen molar-refractivity contribution in [3.8, 4) is 0 Å². The molecule has 0 aliphatic rings. The van der Waals surface area contributed by atoms with Gasteiger partial charge in [0.15, 0.2) is 0 Å². The predicted octanol–water partition coefficient (Wildman–Crippen LogP) is 2.06. The second kappa shape index (κ2) is 8.76. The van der Waals surface area contributed by atoms with Crippen molar-refractivity contribution in [1.29, 1.82) is 0 Å². The van der Waals surface area contributed by atoms with E-state index in [1.165, 1.54) is 0 Å². The van der Waals surface area contributed by atoms with Crippen LogP contribution >= 0.6 is 12.4 Å². The summed E-state index contributed by atoms with van der Waals surface area (Å²) in [5.41, 5.74) is 6.26. The molecule has 0 radical (unpaired) electrons. The summed E-state index contributed by atoms with van der Waals surface area (Å²) in [6.45, 7) is 9.31. The minimum Gasteiger partial charge on any atom is -0.346 e. The number of hydrogen-bond donors (Lipinski definition) is 2. The Morgan fingerprint density at radius 1 is 1.09 bits per heavy atom. The van der Waals surface area contributed by atoms with E-state index < -0.39 is 5.54 Å². The van der Waals surface area contributed by atoms with E-state index in [4.69, 9.17) is 5.73 Å². The van der Waals surface area contributed by atoms with Crippen molar-refractivity contribution in [2.75, 3.05) is 19.6 Å². The Kier molecular flexibility index (Phi) is 8.12. The van der Waals surface area contributed by atoms with Crippen LogP contribution in [0.2, 0.25) is 0 Å². The normalized spacial score (nSPS) is 10.6. The lowest BCUT2D eigenvalue weighted by atomic mass is 10.0. The highest BCUT2D eigenvalue weighted by Gasteiger charge is 2.19. The van der Waals surface area contributed by atoms with Crippen LogP contribution < -0.4 is 11.1 Å². The van der Waals surface area contributed by atoms with Crippen molar-refractivity contribution in [1.82, 2.24) is 10.2 Å². The molecule has 1 aromatic carbocycles. The zero-order valence-corrected chi connectivity index (χ0v) is 14.5. The smallest absolute Gasteiger partial charge is 0.253 e. The third kappa shape index (κ3) is 5.31. The van der Waals surface area contributed by atoms with Crippen molar-refractivity contribution in [2.24, 2.45) is 5.73 Å². The third-order valence-electron chi connectivity index (χ3n) is 3.41. The number of amides is 2. The fourth-order valence-electron chi connectivity index (χ4n) is 1.89. The number of carbonyl (C=O) groups is 2. The Labute approximate surface area is 138 Å². The van der Waals surface area contributed by atoms with Crippen molar-refractivity contribution >= 4 is 24.2 Å². The van der Waals surface area contributed by atoms with Gasteiger partial charge in [0.2, 0.25) is 0 Å². The second-order valence-electron chi connectivity index (χ2n) is 5.60. The third-order valence-corrected chi connectivity index (χ3v) is 3.41. The molecule has 0 atom stereocenters. The van der Waals surface area contributed by atoms with Crippen molar-refractivity contribution in [3.63, 3.8) is 0 Å². The number of benzene rings is 1. The standard InChI is InChI=1S/C16H25N3O2.ClH/c1-5-19(6-2)15(21)13-9-7-12(8-10-13)14(20)18-16(3,4)11-17;/h7-10H,5-6,11,17H2,1-4H3,(H,18,20);1H. The van der Waals surface area contributed by atoms with Crippen LogP contribution in [0.5, 0.6) is 0 Å². The van der Waals surface area contributed by atoms with Crippen molar-refractivity contribution in [3.05, 3.63) is 35.4 Å². The SMILES string of the molecule is CCN(CC)C(=O)c1ccc(C(=O)NC(C)(C)CN)cc1.Cl. The van der Waals surface area contributed by atoms with Crippen LogP contribution in [-0.4, -0.2) is 41.9 Å². The van der Waals surface area contributed by atoms with E-state index >= 15 is 0 Å². The van der Waals surface area contributed by atoms with Gasteiger partial charge in [0.05, 0.1) is 0 Å². The van der Waals surface area contributed by atoms with Gasteiger partial charge in [-0.25, -0.2) is 0 Å². The second-order valence-corrected chi connectivity index (χ2v) is 5.60. The molecule has 2 amide bonds. The van der Waals surface area contributed by atoms with Gasteiger partial charge in [-0.15, -0.1) is 12.4 Å². The van der Waals surface area contributed by atoms with Crippen molar-refractivity contribution < 1.29 is 9.59 Å². The Hall–Kier alpha value is -1.59. The monoisotopic (exact) mass is 327 g/mol. The zero-order chi connectivity index (χ0) is 16.0. The highest BCUT2D eigenvalue weighted by atomic mass is 35.5. The lowest BCUT2D eigenvalue weighted by Gasteiger charge is -2.24. The van der Waals surface area contributed by atoms with Gasteiger partial charge in [0.1, 0.15) is 0 Å². The summed E-state index contributed by atoms with van der Waals surface area (Å²) in [5, 5.41) is 2.86. The van der Waals surface area contributed by atoms with E-state index in [1.54, 1.807) is 29.2 Å². The Morgan fingerprint density at radius 3 is 1.95 bits per heavy atom. The average Bonchev–Trinajstić information content (AvgIpc) is 2.48. The molecule has 0 saturated carbocycles. The Morgan fingerprint density at radius 2 is 1.55 bits per heavy atom. The lowest BCUT2D eigenvalue weighted by Crippen LogP contribution is -2.48. The maximum absolute atomic E-state index is 12.2. The molecule has 0 unspecified atom stereocenters. The van der Waals surface area contributed by atoms with Crippen molar-refractivity contribution in [2.45, 2.75) is 33.2 Å². The Bertz CT molecular complexity index is 497. The molecular weight excluding hydrogens is 302 g/mol. The van der Waals surface area contributed by atoms with E-state index in [9.17, 15) is 9.59 Å². The molecule has 0 bridgehead atoms. The fourth-order valence-corrected chi connectivity index (χ4v) is 1.89. The number of hydrogen-bond acceptors (Lipinski definition) is 3. The number of rotatable bonds is 6. The van der Waals surface area contributed by atoms with Gasteiger partial charge in [-0.05, 0) is 52.0 Å². The predicted molar refractivity (Wildman–Crippen MR) is 91.5 cm³/mol. The molecule has 5 nitrogen and oxygen atoms in total. The summed E-state index contributed by atoms with van der Waals surface area (Å²) in [4.78, 5) is 26.0. The van der Waals surface area contributed by atoms with Gasteiger partial charge in [0, 0.05) is 36.3 Å². The summed E-state index contributed by atoms with van der Waals surface area (Å²) in [7, 11) is 0. The number of nitrogens with one attached hydrogen (secondary N) is 1. The molecule has 0 saturated heterocycles. The van der Waals surface area contributed by atoms with Gasteiger partial charge in [-0.1, -0.05) is 0 Å². The van der Waals surface area contributed by atoms with Gasteiger partial charge in [0.25, 0.3) is 11.8 Å². The molecule has 0 aliphatic carbocycles. The van der Waals surface area contributed by atoms with Crippen LogP contribution in [0, 0.1) is 0 Å². The molecule has 0 heterocycles. The minimum atomic E-state index is -0.452. The summed E-state index contributed by atoms with van der Waals surface area (Å²) >= 11 is 0. The van der Waals surface area contributed by atoms with Crippen LogP contribution in [0.4, 0.5) is 0 Å².